The summed E-state index contributed by atoms with van der Waals surface area (Å²) in [5.41, 5.74) is 1.07. The fourth-order valence-electron chi connectivity index (χ4n) is 5.60. The van der Waals surface area contributed by atoms with E-state index < -0.39 is 35.7 Å². The van der Waals surface area contributed by atoms with Crippen LogP contribution in [-0.4, -0.2) is 84.3 Å². The highest BCUT2D eigenvalue weighted by Crippen LogP contribution is 2.38. The summed E-state index contributed by atoms with van der Waals surface area (Å²) in [5.74, 6) is 6.80. The van der Waals surface area contributed by atoms with Gasteiger partial charge in [-0.15, -0.1) is 0 Å². The molecule has 2 fully saturated rings. The van der Waals surface area contributed by atoms with Gasteiger partial charge >= 0.3 is 12.1 Å². The number of nitrogens with one attached hydrogen (secondary N) is 1. The molecule has 1 aromatic heterocycles. The van der Waals surface area contributed by atoms with Crippen molar-refractivity contribution in [1.29, 1.82) is 0 Å². The first-order valence-electron chi connectivity index (χ1n) is 14.4. The minimum atomic E-state index is -0.816. The lowest BCUT2D eigenvalue weighted by Gasteiger charge is -2.32. The lowest BCUT2D eigenvalue weighted by molar-refractivity contribution is -0.146. The van der Waals surface area contributed by atoms with Crippen molar-refractivity contribution < 1.29 is 33.3 Å². The first-order valence-corrected chi connectivity index (χ1v) is 14.4. The number of nitrogens with zero attached hydrogens (tertiary/aromatic N) is 3. The van der Waals surface area contributed by atoms with Gasteiger partial charge in [-0.25, -0.2) is 14.8 Å². The van der Waals surface area contributed by atoms with E-state index in [1.165, 1.54) is 7.11 Å². The van der Waals surface area contributed by atoms with Crippen molar-refractivity contribution in [2.45, 2.75) is 77.2 Å². The number of ether oxygens (including phenoxy) is 4. The van der Waals surface area contributed by atoms with Gasteiger partial charge in [-0.2, -0.15) is 0 Å². The van der Waals surface area contributed by atoms with Crippen LogP contribution < -0.4 is 14.8 Å². The molecule has 6 atom stereocenters. The van der Waals surface area contributed by atoms with Gasteiger partial charge in [-0.05, 0) is 48.6 Å². The van der Waals surface area contributed by atoms with E-state index in [1.54, 1.807) is 18.1 Å². The summed E-state index contributed by atoms with van der Waals surface area (Å²) in [6.45, 7) is 5.83. The number of carbonyl (C=O) groups excluding carboxylic acids is 3. The van der Waals surface area contributed by atoms with Crippen molar-refractivity contribution in [3.8, 4) is 23.5 Å². The number of esters is 1. The fraction of sp³-hybridized carbons (Fsp3) is 0.581. The van der Waals surface area contributed by atoms with Gasteiger partial charge in [0.15, 0.2) is 11.5 Å². The molecular formula is C31H38N4O7. The van der Waals surface area contributed by atoms with Gasteiger partial charge in [-0.3, -0.25) is 14.5 Å². The average molecular weight is 579 g/mol. The second-order valence-electron chi connectivity index (χ2n) is 12.2. The zero-order chi connectivity index (χ0) is 30.0. The smallest absolute Gasteiger partial charge is 0.408 e. The van der Waals surface area contributed by atoms with Crippen molar-refractivity contribution in [3.05, 3.63) is 23.9 Å². The predicted molar refractivity (Wildman–Crippen MR) is 153 cm³/mol. The molecule has 1 aliphatic carbocycles. The molecule has 224 valence electrons. The summed E-state index contributed by atoms with van der Waals surface area (Å²) in [7, 11) is 2.90. The standard InChI is InChI=1S/C31H38N4O7/c1-31(2,3)27-25(36)17-35-16-20(15-24(35)29(37)40-5)41-28-22(32-21-12-11-19(39-4)14-23(21)33-28)10-8-6-7-9-18-13-26(18)42-30(38)34-27/h11-12,14,18,20,24,26-27H,6-7,9,13,15-17H2,1-5H3,(H,34,38)/t18-,20-,24+,26-,27-/m1/s1. The number of amides is 1. The zero-order valence-corrected chi connectivity index (χ0v) is 24.8. The van der Waals surface area contributed by atoms with Crippen molar-refractivity contribution in [1.82, 2.24) is 20.2 Å². The Balaban J connectivity index is 1.48. The number of aromatic nitrogens is 2. The van der Waals surface area contributed by atoms with E-state index in [-0.39, 0.29) is 43.2 Å². The summed E-state index contributed by atoms with van der Waals surface area (Å²) in [6, 6.07) is 3.88. The minimum absolute atomic E-state index is 0.0822. The van der Waals surface area contributed by atoms with Crippen molar-refractivity contribution in [3.63, 3.8) is 0 Å². The van der Waals surface area contributed by atoms with E-state index in [9.17, 15) is 14.4 Å². The molecule has 3 aliphatic rings. The molecule has 1 aromatic carbocycles. The topological polar surface area (TPSA) is 129 Å². The Morgan fingerprint density at radius 3 is 2.67 bits per heavy atom. The number of hydrogen-bond acceptors (Lipinski definition) is 10. The zero-order valence-electron chi connectivity index (χ0n) is 24.8. The molecule has 5 rings (SSSR count). The Kier molecular flexibility index (Phi) is 8.55. The van der Waals surface area contributed by atoms with E-state index in [0.29, 0.717) is 28.9 Å². The Morgan fingerprint density at radius 2 is 1.93 bits per heavy atom. The second kappa shape index (κ2) is 12.1. The summed E-state index contributed by atoms with van der Waals surface area (Å²) < 4.78 is 22.4. The first-order chi connectivity index (χ1) is 20.0. The highest BCUT2D eigenvalue weighted by atomic mass is 16.6. The van der Waals surface area contributed by atoms with Crippen LogP contribution in [0.1, 0.15) is 58.6 Å². The molecule has 2 aromatic rings. The molecule has 1 unspecified atom stereocenters. The molecule has 2 bridgehead atoms. The number of fused-ring (bicyclic) bond motifs is 5. The number of benzene rings is 1. The third kappa shape index (κ3) is 6.76. The van der Waals surface area contributed by atoms with Gasteiger partial charge < -0.3 is 24.3 Å². The van der Waals surface area contributed by atoms with E-state index in [4.69, 9.17) is 28.9 Å². The highest BCUT2D eigenvalue weighted by Gasteiger charge is 2.44. The molecule has 2 aliphatic heterocycles. The molecule has 3 heterocycles. The lowest BCUT2D eigenvalue weighted by Crippen LogP contribution is -2.53. The Hall–Kier alpha value is -3.91. The number of rotatable bonds is 2. The maximum atomic E-state index is 13.6. The maximum absolute atomic E-state index is 13.6. The summed E-state index contributed by atoms with van der Waals surface area (Å²) in [5, 5.41) is 2.80. The number of methoxy groups -OCH3 is 2. The summed E-state index contributed by atoms with van der Waals surface area (Å²) >= 11 is 0. The normalized spacial score (nSPS) is 28.2. The average Bonchev–Trinajstić information content (AvgIpc) is 3.56. The van der Waals surface area contributed by atoms with Gasteiger partial charge in [0.25, 0.3) is 0 Å². The molecular weight excluding hydrogens is 540 g/mol. The van der Waals surface area contributed by atoms with Gasteiger partial charge in [0.1, 0.15) is 24.0 Å². The molecule has 11 nitrogen and oxygen atoms in total. The van der Waals surface area contributed by atoms with Crippen LogP contribution in [0.2, 0.25) is 0 Å². The molecule has 0 spiro atoms. The van der Waals surface area contributed by atoms with Gasteiger partial charge in [0.05, 0.1) is 37.8 Å². The third-order valence-corrected chi connectivity index (χ3v) is 7.96. The Morgan fingerprint density at radius 1 is 1.12 bits per heavy atom. The van der Waals surface area contributed by atoms with Crippen LogP contribution in [-0.2, 0) is 19.1 Å². The van der Waals surface area contributed by atoms with Crippen molar-refractivity contribution in [2.24, 2.45) is 11.3 Å². The second-order valence-corrected chi connectivity index (χ2v) is 12.2. The van der Waals surface area contributed by atoms with Crippen LogP contribution in [0.15, 0.2) is 18.2 Å². The predicted octanol–water partition coefficient (Wildman–Crippen LogP) is 3.27. The SMILES string of the molecule is COC(=O)[C@@H]1C[C@@H]2CN1CC(=O)[C@H](C(C)(C)C)NC(=O)O[C@@H]1C[C@H]1CCCC#Cc1nc3ccc(OC)cc3nc1O2. The van der Waals surface area contributed by atoms with Crippen LogP contribution in [0.5, 0.6) is 11.6 Å². The van der Waals surface area contributed by atoms with E-state index in [1.807, 2.05) is 32.9 Å². The first kappa shape index (κ1) is 29.6. The largest absolute Gasteiger partial charge is 0.497 e. The number of hydrogen-bond donors (Lipinski definition) is 1. The quantitative estimate of drug-likeness (QED) is 0.419. The van der Waals surface area contributed by atoms with Crippen LogP contribution in [0.25, 0.3) is 11.0 Å². The number of Topliss-reactive ketones (excluding diaryl/α,β-unsaturated/α-hetero) is 1. The molecule has 0 radical (unpaired) electrons. The third-order valence-electron chi connectivity index (χ3n) is 7.96. The molecule has 11 heteroatoms. The van der Waals surface area contributed by atoms with Crippen LogP contribution in [0.4, 0.5) is 4.79 Å². The van der Waals surface area contributed by atoms with Crippen molar-refractivity contribution in [2.75, 3.05) is 27.3 Å². The van der Waals surface area contributed by atoms with E-state index >= 15 is 0 Å². The Bertz CT molecular complexity index is 1430. The number of ketones is 1. The molecule has 1 amide bonds. The monoisotopic (exact) mass is 578 g/mol. The van der Waals surface area contributed by atoms with Crippen LogP contribution in [0.3, 0.4) is 0 Å². The summed E-state index contributed by atoms with van der Waals surface area (Å²) in [6.07, 6.45) is 2.19. The van der Waals surface area contributed by atoms with E-state index in [0.717, 1.165) is 19.3 Å². The molecule has 1 N–H and O–H groups in total. The number of carbonyl (C=O) groups is 3. The fourth-order valence-corrected chi connectivity index (χ4v) is 5.60. The molecule has 1 saturated carbocycles. The number of alkyl carbamates (subject to hydrolysis) is 1. The Labute approximate surface area is 245 Å². The summed E-state index contributed by atoms with van der Waals surface area (Å²) in [4.78, 5) is 50.4. The van der Waals surface area contributed by atoms with Gasteiger partial charge in [0, 0.05) is 25.5 Å². The molecule has 42 heavy (non-hydrogen) atoms. The highest BCUT2D eigenvalue weighted by molar-refractivity contribution is 5.90. The lowest BCUT2D eigenvalue weighted by atomic mass is 9.84. The molecule has 1 saturated heterocycles. The minimum Gasteiger partial charge on any atom is -0.497 e. The van der Waals surface area contributed by atoms with Gasteiger partial charge in [0.2, 0.25) is 5.88 Å². The van der Waals surface area contributed by atoms with Crippen LogP contribution >= 0.6 is 0 Å². The van der Waals surface area contributed by atoms with Crippen LogP contribution in [0, 0.1) is 23.2 Å². The van der Waals surface area contributed by atoms with Gasteiger partial charge in [-0.1, -0.05) is 26.7 Å². The maximum Gasteiger partial charge on any atom is 0.408 e. The van der Waals surface area contributed by atoms with E-state index in [2.05, 4.69) is 17.2 Å². The van der Waals surface area contributed by atoms with Crippen molar-refractivity contribution >= 4 is 28.9 Å².